The Labute approximate surface area is 173 Å². The van der Waals surface area contributed by atoms with Crippen molar-refractivity contribution in [3.05, 3.63) is 41.3 Å². The summed E-state index contributed by atoms with van der Waals surface area (Å²) in [5.74, 6) is -3.57. The summed E-state index contributed by atoms with van der Waals surface area (Å²) in [6.45, 7) is 3.52. The lowest BCUT2D eigenvalue weighted by molar-refractivity contribution is -0.313. The zero-order valence-corrected chi connectivity index (χ0v) is 17.3. The Morgan fingerprint density at radius 1 is 1.10 bits per heavy atom. The van der Waals surface area contributed by atoms with Crippen molar-refractivity contribution < 1.29 is 24.2 Å². The van der Waals surface area contributed by atoms with Crippen molar-refractivity contribution in [2.75, 3.05) is 5.32 Å². The summed E-state index contributed by atoms with van der Waals surface area (Å²) in [6, 6.07) is 9.39. The van der Waals surface area contributed by atoms with E-state index in [4.69, 9.17) is 4.74 Å². The van der Waals surface area contributed by atoms with Crippen LogP contribution >= 0.6 is 11.3 Å². The summed E-state index contributed by atoms with van der Waals surface area (Å²) in [4.78, 5) is 37.1. The van der Waals surface area contributed by atoms with Crippen LogP contribution in [0.4, 0.5) is 5.00 Å². The smallest absolute Gasteiger partial charge is 0.342 e. The van der Waals surface area contributed by atoms with Crippen molar-refractivity contribution in [3.63, 3.8) is 0 Å². The Hall–Kier alpha value is -2.67. The van der Waals surface area contributed by atoms with Crippen molar-refractivity contribution in [1.82, 2.24) is 0 Å². The van der Waals surface area contributed by atoms with E-state index in [-0.39, 0.29) is 12.0 Å². The number of anilines is 1. The van der Waals surface area contributed by atoms with Crippen LogP contribution in [0, 0.1) is 11.8 Å². The number of carbonyl (C=O) groups is 3. The molecule has 1 N–H and O–H groups in total. The molecule has 1 aliphatic carbocycles. The molecule has 0 saturated heterocycles. The average Bonchev–Trinajstić information content (AvgIpc) is 3.11. The molecule has 1 aliphatic rings. The van der Waals surface area contributed by atoms with Gasteiger partial charge < -0.3 is 20.0 Å². The van der Waals surface area contributed by atoms with E-state index in [1.807, 2.05) is 30.3 Å². The number of carboxylic acid groups (broad SMARTS) is 1. The summed E-state index contributed by atoms with van der Waals surface area (Å²) in [5, 5.41) is 16.4. The van der Waals surface area contributed by atoms with Gasteiger partial charge in [0.05, 0.1) is 6.10 Å². The van der Waals surface area contributed by atoms with E-state index >= 15 is 0 Å². The van der Waals surface area contributed by atoms with Gasteiger partial charge in [0.1, 0.15) is 10.6 Å². The number of carbonyl (C=O) groups excluding carboxylic acids is 3. The van der Waals surface area contributed by atoms with Gasteiger partial charge in [0.15, 0.2) is 0 Å². The van der Waals surface area contributed by atoms with Crippen LogP contribution < -0.4 is 10.4 Å². The maximum absolute atomic E-state index is 12.9. The Morgan fingerprint density at radius 2 is 1.76 bits per heavy atom. The molecule has 0 unspecified atom stereocenters. The van der Waals surface area contributed by atoms with Crippen molar-refractivity contribution in [2.24, 2.45) is 11.8 Å². The van der Waals surface area contributed by atoms with E-state index < -0.39 is 23.8 Å². The zero-order chi connectivity index (χ0) is 21.0. The van der Waals surface area contributed by atoms with E-state index in [1.54, 1.807) is 19.2 Å². The van der Waals surface area contributed by atoms with Gasteiger partial charge >= 0.3 is 5.97 Å². The molecule has 1 fully saturated rings. The molecule has 0 spiro atoms. The van der Waals surface area contributed by atoms with Crippen LogP contribution in [0.3, 0.4) is 0 Å². The first-order valence-electron chi connectivity index (χ1n) is 9.78. The molecule has 1 saturated carbocycles. The van der Waals surface area contributed by atoms with Crippen molar-refractivity contribution in [2.45, 2.75) is 45.6 Å². The molecular formula is C22H24NO5S-. The highest BCUT2D eigenvalue weighted by molar-refractivity contribution is 7.15. The quantitative estimate of drug-likeness (QED) is 0.730. The minimum atomic E-state index is -1.19. The second-order valence-electron chi connectivity index (χ2n) is 7.48. The number of ether oxygens (including phenoxy) is 1. The fourth-order valence-electron chi connectivity index (χ4n) is 3.69. The van der Waals surface area contributed by atoms with Crippen LogP contribution in [-0.4, -0.2) is 23.9 Å². The molecule has 1 aromatic heterocycles. The fourth-order valence-corrected chi connectivity index (χ4v) is 4.65. The highest BCUT2D eigenvalue weighted by Crippen LogP contribution is 2.38. The molecule has 1 aromatic carbocycles. The summed E-state index contributed by atoms with van der Waals surface area (Å²) in [7, 11) is 0. The molecule has 0 bridgehead atoms. The van der Waals surface area contributed by atoms with E-state index in [9.17, 15) is 19.5 Å². The predicted octanol–water partition coefficient (Wildman–Crippen LogP) is 3.48. The summed E-state index contributed by atoms with van der Waals surface area (Å²) < 4.78 is 5.40. The summed E-state index contributed by atoms with van der Waals surface area (Å²) in [5.41, 5.74) is 1.81. The first-order chi connectivity index (χ1) is 13.9. The fraction of sp³-hybridized carbons (Fsp3) is 0.409. The van der Waals surface area contributed by atoms with Gasteiger partial charge in [0.25, 0.3) is 0 Å². The molecule has 0 aliphatic heterocycles. The first-order valence-corrected chi connectivity index (χ1v) is 10.7. The topological polar surface area (TPSA) is 95.5 Å². The number of esters is 1. The largest absolute Gasteiger partial charge is 0.550 e. The molecule has 0 radical (unpaired) electrons. The third-order valence-corrected chi connectivity index (χ3v) is 5.96. The van der Waals surface area contributed by atoms with E-state index in [0.717, 1.165) is 18.4 Å². The zero-order valence-electron chi connectivity index (χ0n) is 16.5. The standard InChI is InChI=1S/C22H25NO5S/c1-13(2)28-22(27)18-17(14-8-4-3-5-9-14)12-29-20(18)23-19(24)15-10-6-7-11-16(15)21(25)26/h3-5,8-9,12-13,15-16H,6-7,10-11H2,1-2H3,(H,23,24)(H,25,26)/p-1/t15-,16-/m1/s1. The minimum Gasteiger partial charge on any atom is -0.550 e. The van der Waals surface area contributed by atoms with Gasteiger partial charge in [-0.15, -0.1) is 11.3 Å². The summed E-state index contributed by atoms with van der Waals surface area (Å²) >= 11 is 1.23. The third-order valence-electron chi connectivity index (χ3n) is 5.06. The number of hydrogen-bond donors (Lipinski definition) is 1. The van der Waals surface area contributed by atoms with Crippen LogP contribution in [0.2, 0.25) is 0 Å². The maximum atomic E-state index is 12.9. The Bertz CT molecular complexity index is 890. The first kappa shape index (κ1) is 21.0. The molecule has 1 amide bonds. The predicted molar refractivity (Wildman–Crippen MR) is 109 cm³/mol. The van der Waals surface area contributed by atoms with Crippen molar-refractivity contribution in [3.8, 4) is 11.1 Å². The highest BCUT2D eigenvalue weighted by atomic mass is 32.1. The number of rotatable bonds is 6. The van der Waals surface area contributed by atoms with Gasteiger partial charge in [-0.1, -0.05) is 43.2 Å². The normalized spacial score (nSPS) is 19.0. The number of hydrogen-bond acceptors (Lipinski definition) is 6. The number of nitrogens with one attached hydrogen (secondary N) is 1. The van der Waals surface area contributed by atoms with Crippen LogP contribution in [0.1, 0.15) is 49.9 Å². The number of carboxylic acids is 1. The molecule has 7 heteroatoms. The lowest BCUT2D eigenvalue weighted by atomic mass is 9.79. The van der Waals surface area contributed by atoms with Crippen LogP contribution in [0.25, 0.3) is 11.1 Å². The molecule has 2 aromatic rings. The third kappa shape index (κ3) is 4.85. The number of aliphatic carboxylic acids is 1. The Balaban J connectivity index is 1.92. The molecule has 3 rings (SSSR count). The highest BCUT2D eigenvalue weighted by Gasteiger charge is 2.33. The molecule has 1 heterocycles. The van der Waals surface area contributed by atoms with Crippen LogP contribution in [-0.2, 0) is 14.3 Å². The van der Waals surface area contributed by atoms with Crippen molar-refractivity contribution in [1.29, 1.82) is 0 Å². The lowest BCUT2D eigenvalue weighted by Gasteiger charge is -2.31. The van der Waals surface area contributed by atoms with Gasteiger partial charge in [-0.3, -0.25) is 4.79 Å². The van der Waals surface area contributed by atoms with Gasteiger partial charge in [0.2, 0.25) is 5.91 Å². The van der Waals surface area contributed by atoms with Crippen molar-refractivity contribution >= 4 is 34.2 Å². The summed E-state index contributed by atoms with van der Waals surface area (Å²) in [6.07, 6.45) is 2.18. The van der Waals surface area contributed by atoms with Gasteiger partial charge in [0, 0.05) is 28.7 Å². The van der Waals surface area contributed by atoms with Crippen LogP contribution in [0.15, 0.2) is 35.7 Å². The van der Waals surface area contributed by atoms with Gasteiger partial charge in [-0.2, -0.15) is 0 Å². The molecule has 29 heavy (non-hydrogen) atoms. The molecule has 154 valence electrons. The maximum Gasteiger partial charge on any atom is 0.342 e. The molecule has 6 nitrogen and oxygen atoms in total. The van der Waals surface area contributed by atoms with Gasteiger partial charge in [-0.25, -0.2) is 4.79 Å². The number of thiophene rings is 1. The second-order valence-corrected chi connectivity index (χ2v) is 8.36. The SMILES string of the molecule is CC(C)OC(=O)c1c(-c2ccccc2)csc1NC(=O)[C@@H]1CCCC[C@H]1C(=O)[O-]. The van der Waals surface area contributed by atoms with Gasteiger partial charge in [-0.05, 0) is 32.3 Å². The number of amides is 1. The lowest BCUT2D eigenvalue weighted by Crippen LogP contribution is -2.42. The van der Waals surface area contributed by atoms with E-state index in [0.29, 0.717) is 29.0 Å². The monoisotopic (exact) mass is 414 g/mol. The average molecular weight is 415 g/mol. The Kier molecular flexibility index (Phi) is 6.69. The number of benzene rings is 1. The minimum absolute atomic E-state index is 0.295. The van der Waals surface area contributed by atoms with E-state index in [1.165, 1.54) is 11.3 Å². The van der Waals surface area contributed by atoms with Crippen LogP contribution in [0.5, 0.6) is 0 Å². The second kappa shape index (κ2) is 9.22. The Morgan fingerprint density at radius 3 is 2.38 bits per heavy atom. The van der Waals surface area contributed by atoms with E-state index in [2.05, 4.69) is 5.32 Å². The molecular weight excluding hydrogens is 390 g/mol. The molecule has 2 atom stereocenters.